The molecule has 0 aliphatic rings. The van der Waals surface area contributed by atoms with E-state index in [0.717, 1.165) is 5.56 Å². The summed E-state index contributed by atoms with van der Waals surface area (Å²) in [6, 6.07) is 13.6. The van der Waals surface area contributed by atoms with Gasteiger partial charge in [-0.15, -0.1) is 0 Å². The van der Waals surface area contributed by atoms with Gasteiger partial charge in [0.2, 0.25) is 0 Å². The Bertz CT molecular complexity index is 651. The fourth-order valence-electron chi connectivity index (χ4n) is 1.52. The lowest BCUT2D eigenvalue weighted by Crippen LogP contribution is -2.44. The van der Waals surface area contributed by atoms with Crippen LogP contribution < -0.4 is 4.65 Å². The van der Waals surface area contributed by atoms with E-state index in [-0.39, 0.29) is 5.75 Å². The lowest BCUT2D eigenvalue weighted by atomic mass is 9.90. The molecule has 0 aromatic heterocycles. The van der Waals surface area contributed by atoms with Gasteiger partial charge in [-0.3, -0.25) is 0 Å². The lowest BCUT2D eigenvalue weighted by Gasteiger charge is -2.31. The summed E-state index contributed by atoms with van der Waals surface area (Å²) in [5.41, 5.74) is -0.439. The molecule has 0 atom stereocenters. The van der Waals surface area contributed by atoms with Crippen LogP contribution in [0, 0.1) is 5.82 Å². The Morgan fingerprint density at radius 2 is 1.36 bits per heavy atom. The number of hydrogen-bond acceptors (Lipinski definition) is 5. The lowest BCUT2D eigenvalue weighted by molar-refractivity contribution is -0.107. The van der Waals surface area contributed by atoms with Gasteiger partial charge in [0.1, 0.15) is 5.75 Å². The molecule has 25 heavy (non-hydrogen) atoms. The van der Waals surface area contributed by atoms with Gasteiger partial charge in [-0.1, -0.05) is 36.4 Å². The topological polar surface area (TPSA) is 90.2 Å². The van der Waals surface area contributed by atoms with Crippen LogP contribution >= 0.6 is 0 Å². The number of aliphatic hydroxyl groups is 2. The predicted octanol–water partition coefficient (Wildman–Crippen LogP) is 2.37. The van der Waals surface area contributed by atoms with Crippen LogP contribution in [-0.4, -0.2) is 38.8 Å². The monoisotopic (exact) mass is 350 g/mol. The second-order valence-electron chi connectivity index (χ2n) is 6.57. The van der Waals surface area contributed by atoms with Crippen molar-refractivity contribution in [2.75, 3.05) is 0 Å². The second kappa shape index (κ2) is 8.44. The van der Waals surface area contributed by atoms with Gasteiger partial charge in [0, 0.05) is 0 Å². The minimum absolute atomic E-state index is 0.195. The SMILES string of the molecule is CC(C)(O)C(C)(C)O.OB(O)Oc1ccc(-c2ccccc2)cc1F. The second-order valence-corrected chi connectivity index (χ2v) is 6.57. The average molecular weight is 350 g/mol. The van der Waals surface area contributed by atoms with Crippen molar-refractivity contribution in [3.05, 3.63) is 54.3 Å². The Labute approximate surface area is 147 Å². The highest BCUT2D eigenvalue weighted by Crippen LogP contribution is 2.25. The van der Waals surface area contributed by atoms with Gasteiger partial charge in [-0.25, -0.2) is 4.39 Å². The Hall–Kier alpha value is -1.93. The first-order valence-corrected chi connectivity index (χ1v) is 7.74. The van der Waals surface area contributed by atoms with E-state index in [1.165, 1.54) is 12.1 Å². The van der Waals surface area contributed by atoms with Crippen LogP contribution in [0.5, 0.6) is 5.75 Å². The van der Waals surface area contributed by atoms with Crippen LogP contribution in [0.25, 0.3) is 11.1 Å². The number of rotatable bonds is 4. The number of halogens is 1. The maximum atomic E-state index is 13.5. The van der Waals surface area contributed by atoms with Crippen LogP contribution in [0.2, 0.25) is 0 Å². The molecule has 0 spiro atoms. The van der Waals surface area contributed by atoms with E-state index in [1.54, 1.807) is 33.8 Å². The Kier molecular flexibility index (Phi) is 7.13. The summed E-state index contributed by atoms with van der Waals surface area (Å²) in [6.07, 6.45) is 0. The van der Waals surface area contributed by atoms with Crippen molar-refractivity contribution in [3.63, 3.8) is 0 Å². The quantitative estimate of drug-likeness (QED) is 0.636. The van der Waals surface area contributed by atoms with E-state index < -0.39 is 24.3 Å². The third kappa shape index (κ3) is 6.84. The zero-order valence-electron chi connectivity index (χ0n) is 14.8. The molecule has 7 heteroatoms. The molecule has 0 saturated heterocycles. The minimum Gasteiger partial charge on any atom is -0.510 e. The molecule has 0 amide bonds. The highest BCUT2D eigenvalue weighted by molar-refractivity contribution is 6.33. The van der Waals surface area contributed by atoms with Gasteiger partial charge in [-0.2, -0.15) is 0 Å². The molecule has 0 saturated carbocycles. The molecule has 2 rings (SSSR count). The van der Waals surface area contributed by atoms with Crippen molar-refractivity contribution >= 4 is 7.32 Å². The summed E-state index contributed by atoms with van der Waals surface area (Å²) in [4.78, 5) is 0. The summed E-state index contributed by atoms with van der Waals surface area (Å²) in [6.45, 7) is 6.31. The maximum absolute atomic E-state index is 13.5. The van der Waals surface area contributed by atoms with E-state index in [2.05, 4.69) is 4.65 Å². The van der Waals surface area contributed by atoms with Crippen LogP contribution in [0.4, 0.5) is 4.39 Å². The molecule has 0 aliphatic heterocycles. The van der Waals surface area contributed by atoms with Crippen LogP contribution in [-0.2, 0) is 0 Å². The van der Waals surface area contributed by atoms with Gasteiger partial charge in [0.15, 0.2) is 5.82 Å². The molecule has 2 aromatic carbocycles. The first kappa shape index (κ1) is 21.1. The zero-order chi connectivity index (χ0) is 19.3. The summed E-state index contributed by atoms with van der Waals surface area (Å²) in [5.74, 6) is -0.834. The highest BCUT2D eigenvalue weighted by Gasteiger charge is 2.31. The summed E-state index contributed by atoms with van der Waals surface area (Å²) in [7, 11) is -2.02. The molecule has 0 aliphatic carbocycles. The van der Waals surface area contributed by atoms with Gasteiger partial charge in [0.05, 0.1) is 11.2 Å². The molecule has 4 N–H and O–H groups in total. The van der Waals surface area contributed by atoms with E-state index in [1.807, 2.05) is 30.3 Å². The van der Waals surface area contributed by atoms with Crippen molar-refractivity contribution in [2.45, 2.75) is 38.9 Å². The zero-order valence-corrected chi connectivity index (χ0v) is 14.8. The van der Waals surface area contributed by atoms with Crippen molar-refractivity contribution < 1.29 is 29.3 Å². The highest BCUT2D eigenvalue weighted by atomic mass is 19.1. The molecule has 2 aromatic rings. The van der Waals surface area contributed by atoms with Crippen molar-refractivity contribution in [1.29, 1.82) is 0 Å². The molecule has 0 heterocycles. The molecule has 0 radical (unpaired) electrons. The molecular formula is C18H24BFO5. The molecule has 0 fully saturated rings. The minimum atomic E-state index is -2.02. The Balaban J connectivity index is 0.000000333. The largest absolute Gasteiger partial charge is 0.707 e. The first-order valence-electron chi connectivity index (χ1n) is 7.74. The van der Waals surface area contributed by atoms with Gasteiger partial charge < -0.3 is 24.9 Å². The average Bonchev–Trinajstić information content (AvgIpc) is 2.48. The Morgan fingerprint density at radius 3 is 1.76 bits per heavy atom. The molecule has 5 nitrogen and oxygen atoms in total. The smallest absolute Gasteiger partial charge is 0.510 e. The van der Waals surface area contributed by atoms with Crippen molar-refractivity contribution in [2.24, 2.45) is 0 Å². The maximum Gasteiger partial charge on any atom is 0.707 e. The van der Waals surface area contributed by atoms with Gasteiger partial charge in [0.25, 0.3) is 0 Å². The van der Waals surface area contributed by atoms with Gasteiger partial charge >= 0.3 is 7.32 Å². The summed E-state index contributed by atoms with van der Waals surface area (Å²) < 4.78 is 18.0. The summed E-state index contributed by atoms with van der Waals surface area (Å²) >= 11 is 0. The fraction of sp³-hybridized carbons (Fsp3) is 0.333. The van der Waals surface area contributed by atoms with E-state index >= 15 is 0 Å². The fourth-order valence-corrected chi connectivity index (χ4v) is 1.52. The number of benzene rings is 2. The molecule has 0 bridgehead atoms. The third-order valence-corrected chi connectivity index (χ3v) is 3.77. The summed E-state index contributed by atoms with van der Waals surface area (Å²) in [5, 5.41) is 35.4. The normalized spacial score (nSPS) is 11.4. The molecular weight excluding hydrogens is 326 g/mol. The number of hydrogen-bond donors (Lipinski definition) is 4. The van der Waals surface area contributed by atoms with E-state index in [4.69, 9.17) is 20.3 Å². The molecule has 0 unspecified atom stereocenters. The van der Waals surface area contributed by atoms with Crippen LogP contribution in [0.1, 0.15) is 27.7 Å². The predicted molar refractivity (Wildman–Crippen MR) is 95.3 cm³/mol. The van der Waals surface area contributed by atoms with E-state index in [0.29, 0.717) is 5.56 Å². The van der Waals surface area contributed by atoms with Crippen LogP contribution in [0.3, 0.4) is 0 Å². The Morgan fingerprint density at radius 1 is 0.840 bits per heavy atom. The molecule has 136 valence electrons. The first-order chi connectivity index (χ1) is 11.4. The van der Waals surface area contributed by atoms with Crippen molar-refractivity contribution in [3.8, 4) is 16.9 Å². The standard InChI is InChI=1S/C12H10BFO3.C6H14O2/c14-11-8-10(9-4-2-1-3-5-9)6-7-12(11)17-13(15)16;1-5(2,7)6(3,4)8/h1-8,15-16H;7-8H,1-4H3. The van der Waals surface area contributed by atoms with Gasteiger partial charge in [-0.05, 0) is 51.0 Å². The third-order valence-electron chi connectivity index (χ3n) is 3.77. The van der Waals surface area contributed by atoms with E-state index in [9.17, 15) is 4.39 Å². The van der Waals surface area contributed by atoms with Crippen molar-refractivity contribution in [1.82, 2.24) is 0 Å². The van der Waals surface area contributed by atoms with Crippen LogP contribution in [0.15, 0.2) is 48.5 Å².